The molecular weight excluding hydrogens is 194 g/mol. The Morgan fingerprint density at radius 3 is 3.00 bits per heavy atom. The first kappa shape index (κ1) is 9.71. The summed E-state index contributed by atoms with van der Waals surface area (Å²) >= 11 is 1.80. The quantitative estimate of drug-likeness (QED) is 0.795. The fraction of sp³-hybridized carbons (Fsp3) is 0.545. The Balaban J connectivity index is 2.23. The van der Waals surface area contributed by atoms with E-state index >= 15 is 0 Å². The average molecular weight is 209 g/mol. The Kier molecular flexibility index (Phi) is 2.59. The number of thiophene rings is 1. The zero-order chi connectivity index (χ0) is 10.0. The standard InChI is InChI=1S/C11H15NOS/c1-2-11(9-4-3-7-14-9)6-5-10(13)12-8-11/h3-4,7H,2,5-6,8H2,1H3,(H,12,13). The van der Waals surface area contributed by atoms with Gasteiger partial charge in [0.2, 0.25) is 5.91 Å². The van der Waals surface area contributed by atoms with Crippen LogP contribution in [0.15, 0.2) is 17.5 Å². The van der Waals surface area contributed by atoms with Gasteiger partial charge in [0.1, 0.15) is 0 Å². The summed E-state index contributed by atoms with van der Waals surface area (Å²) in [6.07, 6.45) is 2.77. The third-order valence-electron chi connectivity index (χ3n) is 3.18. The number of amides is 1. The van der Waals surface area contributed by atoms with Crippen LogP contribution in [0.25, 0.3) is 0 Å². The number of rotatable bonds is 2. The molecule has 0 radical (unpaired) electrons. The summed E-state index contributed by atoms with van der Waals surface area (Å²) in [4.78, 5) is 12.5. The normalized spacial score (nSPS) is 27.4. The zero-order valence-corrected chi connectivity index (χ0v) is 9.19. The van der Waals surface area contributed by atoms with Crippen molar-refractivity contribution in [2.24, 2.45) is 0 Å². The highest BCUT2D eigenvalue weighted by Gasteiger charge is 2.35. The number of hydrogen-bond donors (Lipinski definition) is 1. The molecular formula is C11H15NOS. The van der Waals surface area contributed by atoms with Crippen molar-refractivity contribution < 1.29 is 4.79 Å². The molecule has 2 nitrogen and oxygen atoms in total. The van der Waals surface area contributed by atoms with Gasteiger partial charge < -0.3 is 5.32 Å². The van der Waals surface area contributed by atoms with E-state index in [0.717, 1.165) is 19.4 Å². The molecule has 76 valence electrons. The molecule has 1 N–H and O–H groups in total. The monoisotopic (exact) mass is 209 g/mol. The van der Waals surface area contributed by atoms with Crippen LogP contribution >= 0.6 is 11.3 Å². The van der Waals surface area contributed by atoms with E-state index in [1.807, 2.05) is 0 Å². The minimum Gasteiger partial charge on any atom is -0.355 e. The van der Waals surface area contributed by atoms with Crippen LogP contribution in [-0.4, -0.2) is 12.5 Å². The summed E-state index contributed by atoms with van der Waals surface area (Å²) in [6.45, 7) is 3.01. The summed E-state index contributed by atoms with van der Waals surface area (Å²) in [5, 5.41) is 5.09. The van der Waals surface area contributed by atoms with E-state index < -0.39 is 0 Å². The number of carbonyl (C=O) groups is 1. The minimum atomic E-state index is 0.200. The maximum atomic E-state index is 11.1. The van der Waals surface area contributed by atoms with E-state index in [4.69, 9.17) is 0 Å². The maximum Gasteiger partial charge on any atom is 0.220 e. The van der Waals surface area contributed by atoms with Crippen molar-refractivity contribution in [1.29, 1.82) is 0 Å². The summed E-state index contributed by atoms with van der Waals surface area (Å²) in [5.74, 6) is 0.200. The van der Waals surface area contributed by atoms with Crippen molar-refractivity contribution >= 4 is 17.2 Å². The summed E-state index contributed by atoms with van der Waals surface area (Å²) in [6, 6.07) is 4.28. The van der Waals surface area contributed by atoms with Crippen LogP contribution in [0.3, 0.4) is 0 Å². The molecule has 0 bridgehead atoms. The molecule has 2 heterocycles. The lowest BCUT2D eigenvalue weighted by molar-refractivity contribution is -0.123. The third-order valence-corrected chi connectivity index (χ3v) is 4.29. The topological polar surface area (TPSA) is 29.1 Å². The largest absolute Gasteiger partial charge is 0.355 e. The van der Waals surface area contributed by atoms with Gasteiger partial charge in [0, 0.05) is 23.3 Å². The van der Waals surface area contributed by atoms with Crippen molar-refractivity contribution in [3.05, 3.63) is 22.4 Å². The number of carbonyl (C=O) groups excluding carboxylic acids is 1. The van der Waals surface area contributed by atoms with Gasteiger partial charge in [0.15, 0.2) is 0 Å². The molecule has 14 heavy (non-hydrogen) atoms. The van der Waals surface area contributed by atoms with Crippen LogP contribution in [0.2, 0.25) is 0 Å². The molecule has 2 rings (SSSR count). The molecule has 1 saturated heterocycles. The molecule has 1 unspecified atom stereocenters. The van der Waals surface area contributed by atoms with Crippen LogP contribution in [-0.2, 0) is 10.2 Å². The van der Waals surface area contributed by atoms with E-state index in [2.05, 4.69) is 29.8 Å². The van der Waals surface area contributed by atoms with E-state index in [0.29, 0.717) is 6.42 Å². The second-order valence-electron chi connectivity index (χ2n) is 3.89. The molecule has 3 heteroatoms. The van der Waals surface area contributed by atoms with Crippen LogP contribution in [0.5, 0.6) is 0 Å². The van der Waals surface area contributed by atoms with Gasteiger partial charge in [-0.15, -0.1) is 11.3 Å². The predicted octanol–water partition coefficient (Wildman–Crippen LogP) is 2.31. The zero-order valence-electron chi connectivity index (χ0n) is 8.38. The highest BCUT2D eigenvalue weighted by Crippen LogP contribution is 2.37. The number of hydrogen-bond acceptors (Lipinski definition) is 2. The highest BCUT2D eigenvalue weighted by atomic mass is 32.1. The maximum absolute atomic E-state index is 11.1. The second-order valence-corrected chi connectivity index (χ2v) is 4.84. The van der Waals surface area contributed by atoms with Gasteiger partial charge in [-0.2, -0.15) is 0 Å². The number of nitrogens with one attached hydrogen (secondary N) is 1. The Morgan fingerprint density at radius 2 is 2.50 bits per heavy atom. The lowest BCUT2D eigenvalue weighted by atomic mass is 9.77. The van der Waals surface area contributed by atoms with E-state index in [-0.39, 0.29) is 11.3 Å². The first-order valence-electron chi connectivity index (χ1n) is 5.07. The van der Waals surface area contributed by atoms with Crippen LogP contribution in [0.4, 0.5) is 0 Å². The SMILES string of the molecule is CCC1(c2cccs2)CCC(=O)NC1. The smallest absolute Gasteiger partial charge is 0.220 e. The van der Waals surface area contributed by atoms with Crippen molar-refractivity contribution in [2.45, 2.75) is 31.6 Å². The van der Waals surface area contributed by atoms with Crippen LogP contribution in [0.1, 0.15) is 31.1 Å². The Bertz CT molecular complexity index is 308. The molecule has 1 aromatic heterocycles. The van der Waals surface area contributed by atoms with Gasteiger partial charge in [-0.05, 0) is 24.3 Å². The number of piperidine rings is 1. The third kappa shape index (κ3) is 1.57. The molecule has 1 aromatic rings. The van der Waals surface area contributed by atoms with E-state index in [1.54, 1.807) is 11.3 Å². The van der Waals surface area contributed by atoms with Crippen molar-refractivity contribution in [2.75, 3.05) is 6.54 Å². The molecule has 0 aromatic carbocycles. The summed E-state index contributed by atoms with van der Waals surface area (Å²) in [7, 11) is 0. The Hall–Kier alpha value is -0.830. The first-order valence-corrected chi connectivity index (χ1v) is 5.95. The molecule has 1 amide bonds. The van der Waals surface area contributed by atoms with Crippen molar-refractivity contribution in [3.63, 3.8) is 0 Å². The summed E-state index contributed by atoms with van der Waals surface area (Å²) < 4.78 is 0. The van der Waals surface area contributed by atoms with Crippen LogP contribution < -0.4 is 5.32 Å². The lowest BCUT2D eigenvalue weighted by Gasteiger charge is -2.35. The van der Waals surface area contributed by atoms with Gasteiger partial charge in [-0.25, -0.2) is 0 Å². The second kappa shape index (κ2) is 3.73. The minimum absolute atomic E-state index is 0.200. The lowest BCUT2D eigenvalue weighted by Crippen LogP contribution is -2.45. The highest BCUT2D eigenvalue weighted by molar-refractivity contribution is 7.10. The molecule has 1 aliphatic heterocycles. The average Bonchev–Trinajstić information content (AvgIpc) is 2.73. The van der Waals surface area contributed by atoms with Crippen molar-refractivity contribution in [3.8, 4) is 0 Å². The Morgan fingerprint density at radius 1 is 1.64 bits per heavy atom. The van der Waals surface area contributed by atoms with Crippen molar-refractivity contribution in [1.82, 2.24) is 5.32 Å². The molecule has 0 saturated carbocycles. The molecule has 1 atom stereocenters. The fourth-order valence-corrected chi connectivity index (χ4v) is 3.09. The van der Waals surface area contributed by atoms with Gasteiger partial charge in [-0.1, -0.05) is 13.0 Å². The Labute approximate surface area is 88.3 Å². The van der Waals surface area contributed by atoms with Gasteiger partial charge in [0.05, 0.1) is 0 Å². The fourth-order valence-electron chi connectivity index (χ4n) is 2.06. The first-order chi connectivity index (χ1) is 6.77. The van der Waals surface area contributed by atoms with Crippen LogP contribution in [0, 0.1) is 0 Å². The molecule has 1 fully saturated rings. The molecule has 0 aliphatic carbocycles. The van der Waals surface area contributed by atoms with Gasteiger partial charge >= 0.3 is 0 Å². The molecule has 0 spiro atoms. The van der Waals surface area contributed by atoms with E-state index in [9.17, 15) is 4.79 Å². The van der Waals surface area contributed by atoms with E-state index in [1.165, 1.54) is 4.88 Å². The van der Waals surface area contributed by atoms with Gasteiger partial charge in [0.25, 0.3) is 0 Å². The molecule has 1 aliphatic rings. The van der Waals surface area contributed by atoms with Gasteiger partial charge in [-0.3, -0.25) is 4.79 Å². The summed E-state index contributed by atoms with van der Waals surface area (Å²) in [5.41, 5.74) is 0.210. The predicted molar refractivity (Wildman–Crippen MR) is 58.5 cm³/mol.